The molecule has 0 amide bonds. The van der Waals surface area contributed by atoms with E-state index in [2.05, 4.69) is 31.2 Å². The Balaban J connectivity index is 2.75. The average Bonchev–Trinajstić information content (AvgIpc) is 2.26. The number of aryl methyl sites for hydroxylation is 1. The molecule has 0 bridgehead atoms. The van der Waals surface area contributed by atoms with Gasteiger partial charge in [0, 0.05) is 12.1 Å². The average molecular weight is 237 g/mol. The predicted molar refractivity (Wildman–Crippen MR) is 70.2 cm³/mol. The molecule has 1 unspecified atom stereocenters. The number of hydrogen-bond acceptors (Lipinski definition) is 3. The van der Waals surface area contributed by atoms with Crippen molar-refractivity contribution < 1.29 is 0 Å². The van der Waals surface area contributed by atoms with Gasteiger partial charge in [0.25, 0.3) is 5.56 Å². The van der Waals surface area contributed by atoms with Gasteiger partial charge < -0.3 is 5.32 Å². The van der Waals surface area contributed by atoms with Crippen molar-refractivity contribution in [2.45, 2.75) is 46.7 Å². The van der Waals surface area contributed by atoms with Crippen LogP contribution in [0.25, 0.3) is 0 Å². The second-order valence-corrected chi connectivity index (χ2v) is 4.86. The first-order valence-corrected chi connectivity index (χ1v) is 6.31. The van der Waals surface area contributed by atoms with Crippen LogP contribution < -0.4 is 10.9 Å². The van der Waals surface area contributed by atoms with Crippen molar-refractivity contribution in [3.8, 4) is 0 Å². The molecule has 0 radical (unpaired) electrons. The second kappa shape index (κ2) is 6.55. The van der Waals surface area contributed by atoms with E-state index in [4.69, 9.17) is 0 Å². The van der Waals surface area contributed by atoms with Crippen molar-refractivity contribution >= 4 is 0 Å². The van der Waals surface area contributed by atoms with Crippen LogP contribution in [0, 0.1) is 12.8 Å². The van der Waals surface area contributed by atoms with Crippen LogP contribution in [0.15, 0.2) is 17.1 Å². The zero-order chi connectivity index (χ0) is 12.8. The molecule has 0 aliphatic carbocycles. The Hall–Kier alpha value is -1.16. The summed E-state index contributed by atoms with van der Waals surface area (Å²) in [6, 6.07) is 1.92. The largest absolute Gasteiger partial charge is 0.312 e. The van der Waals surface area contributed by atoms with Crippen molar-refractivity contribution in [1.29, 1.82) is 0 Å². The van der Waals surface area contributed by atoms with Crippen LogP contribution in [0.5, 0.6) is 0 Å². The van der Waals surface area contributed by atoms with Gasteiger partial charge in [0.1, 0.15) is 0 Å². The summed E-state index contributed by atoms with van der Waals surface area (Å²) in [4.78, 5) is 11.7. The molecule has 0 spiro atoms. The van der Waals surface area contributed by atoms with Crippen molar-refractivity contribution in [2.24, 2.45) is 5.92 Å². The molecule has 1 rings (SSSR count). The maximum atomic E-state index is 11.7. The molecule has 4 heteroatoms. The summed E-state index contributed by atoms with van der Waals surface area (Å²) >= 11 is 0. The van der Waals surface area contributed by atoms with Gasteiger partial charge in [0.05, 0.1) is 12.7 Å². The van der Waals surface area contributed by atoms with E-state index in [-0.39, 0.29) is 5.56 Å². The normalized spacial score (nSPS) is 13.0. The SMILES string of the molecule is CCCNC(Cn1ncc(C)cc1=O)C(C)C. The van der Waals surface area contributed by atoms with Gasteiger partial charge in [-0.15, -0.1) is 0 Å². The van der Waals surface area contributed by atoms with Crippen LogP contribution in [-0.4, -0.2) is 22.4 Å². The molecule has 1 N–H and O–H groups in total. The van der Waals surface area contributed by atoms with Crippen molar-refractivity contribution in [3.63, 3.8) is 0 Å². The van der Waals surface area contributed by atoms with Crippen LogP contribution in [0.1, 0.15) is 32.8 Å². The van der Waals surface area contributed by atoms with Crippen LogP contribution in [-0.2, 0) is 6.54 Å². The third kappa shape index (κ3) is 4.30. The van der Waals surface area contributed by atoms with E-state index in [0.717, 1.165) is 18.5 Å². The Morgan fingerprint density at radius 2 is 2.18 bits per heavy atom. The van der Waals surface area contributed by atoms with Gasteiger partial charge in [-0.3, -0.25) is 4.79 Å². The first-order chi connectivity index (χ1) is 8.04. The highest BCUT2D eigenvalue weighted by Gasteiger charge is 2.14. The van der Waals surface area contributed by atoms with Crippen LogP contribution in [0.4, 0.5) is 0 Å². The first kappa shape index (κ1) is 13.9. The van der Waals surface area contributed by atoms with Gasteiger partial charge in [-0.2, -0.15) is 5.10 Å². The summed E-state index contributed by atoms with van der Waals surface area (Å²) in [5, 5.41) is 7.63. The highest BCUT2D eigenvalue weighted by atomic mass is 16.1. The number of aromatic nitrogens is 2. The molecule has 0 aliphatic heterocycles. The van der Waals surface area contributed by atoms with Crippen LogP contribution in [0.3, 0.4) is 0 Å². The molecule has 1 heterocycles. The van der Waals surface area contributed by atoms with Gasteiger partial charge in [-0.05, 0) is 31.4 Å². The van der Waals surface area contributed by atoms with E-state index in [0.29, 0.717) is 18.5 Å². The van der Waals surface area contributed by atoms with E-state index >= 15 is 0 Å². The molecule has 0 aromatic carbocycles. The molecule has 0 fully saturated rings. The second-order valence-electron chi connectivity index (χ2n) is 4.86. The Kier molecular flexibility index (Phi) is 5.35. The fraction of sp³-hybridized carbons (Fsp3) is 0.692. The standard InChI is InChI=1S/C13H23N3O/c1-5-6-14-12(10(2)3)9-16-13(17)7-11(4)8-15-16/h7-8,10,12,14H,5-6,9H2,1-4H3. The van der Waals surface area contributed by atoms with Gasteiger partial charge in [0.15, 0.2) is 0 Å². The molecule has 0 saturated heterocycles. The van der Waals surface area contributed by atoms with Gasteiger partial charge in [0.2, 0.25) is 0 Å². The zero-order valence-electron chi connectivity index (χ0n) is 11.2. The fourth-order valence-electron chi connectivity index (χ4n) is 1.69. The van der Waals surface area contributed by atoms with Crippen molar-refractivity contribution in [1.82, 2.24) is 15.1 Å². The zero-order valence-corrected chi connectivity index (χ0v) is 11.2. The summed E-state index contributed by atoms with van der Waals surface area (Å²) in [6.45, 7) is 9.95. The number of nitrogens with zero attached hydrogens (tertiary/aromatic N) is 2. The minimum atomic E-state index is -0.0195. The monoisotopic (exact) mass is 237 g/mol. The van der Waals surface area contributed by atoms with Crippen LogP contribution >= 0.6 is 0 Å². The van der Waals surface area contributed by atoms with Gasteiger partial charge in [-0.25, -0.2) is 4.68 Å². The summed E-state index contributed by atoms with van der Waals surface area (Å²) in [5.41, 5.74) is 0.891. The smallest absolute Gasteiger partial charge is 0.267 e. The summed E-state index contributed by atoms with van der Waals surface area (Å²) in [5.74, 6) is 0.483. The first-order valence-electron chi connectivity index (χ1n) is 6.31. The third-order valence-electron chi connectivity index (χ3n) is 2.84. The molecule has 17 heavy (non-hydrogen) atoms. The molecule has 96 valence electrons. The van der Waals surface area contributed by atoms with Crippen molar-refractivity contribution in [2.75, 3.05) is 6.54 Å². The summed E-state index contributed by atoms with van der Waals surface area (Å²) in [7, 11) is 0. The molecular weight excluding hydrogens is 214 g/mol. The third-order valence-corrected chi connectivity index (χ3v) is 2.84. The maximum absolute atomic E-state index is 11.7. The van der Waals surface area contributed by atoms with Gasteiger partial charge in [-0.1, -0.05) is 20.8 Å². The van der Waals surface area contributed by atoms with E-state index < -0.39 is 0 Å². The summed E-state index contributed by atoms with van der Waals surface area (Å²) in [6.07, 6.45) is 2.83. The van der Waals surface area contributed by atoms with E-state index in [1.165, 1.54) is 0 Å². The minimum absolute atomic E-state index is 0.0195. The van der Waals surface area contributed by atoms with E-state index in [1.807, 2.05) is 6.92 Å². The highest BCUT2D eigenvalue weighted by Crippen LogP contribution is 2.03. The Morgan fingerprint density at radius 3 is 2.71 bits per heavy atom. The number of nitrogens with one attached hydrogen (secondary N) is 1. The lowest BCUT2D eigenvalue weighted by Gasteiger charge is -2.22. The van der Waals surface area contributed by atoms with E-state index in [1.54, 1.807) is 16.9 Å². The van der Waals surface area contributed by atoms with Gasteiger partial charge >= 0.3 is 0 Å². The molecule has 1 aromatic rings. The van der Waals surface area contributed by atoms with Crippen molar-refractivity contribution in [3.05, 3.63) is 28.2 Å². The van der Waals surface area contributed by atoms with Crippen LogP contribution in [0.2, 0.25) is 0 Å². The maximum Gasteiger partial charge on any atom is 0.267 e. The number of hydrogen-bond donors (Lipinski definition) is 1. The summed E-state index contributed by atoms with van der Waals surface area (Å²) < 4.78 is 1.54. The number of rotatable bonds is 6. The molecule has 1 atom stereocenters. The minimum Gasteiger partial charge on any atom is -0.312 e. The predicted octanol–water partition coefficient (Wildman–Crippen LogP) is 1.58. The van der Waals surface area contributed by atoms with E-state index in [9.17, 15) is 4.79 Å². The lowest BCUT2D eigenvalue weighted by atomic mass is 10.0. The molecular formula is C13H23N3O. The Bertz CT molecular complexity index is 398. The topological polar surface area (TPSA) is 46.9 Å². The molecule has 0 aliphatic rings. The Labute approximate surface area is 103 Å². The molecule has 1 aromatic heterocycles. The molecule has 4 nitrogen and oxygen atoms in total. The quantitative estimate of drug-likeness (QED) is 0.817. The Morgan fingerprint density at radius 1 is 1.47 bits per heavy atom. The highest BCUT2D eigenvalue weighted by molar-refractivity contribution is 5.02. The lowest BCUT2D eigenvalue weighted by molar-refractivity contribution is 0.336. The fourth-order valence-corrected chi connectivity index (χ4v) is 1.69. The molecule has 0 saturated carbocycles. The lowest BCUT2D eigenvalue weighted by Crippen LogP contribution is -2.41.